The Balaban J connectivity index is 1.98. The SMILES string of the molecule is Cc1cc(NC(=O)C(C)S(=O)Cc2ccccc2F)no1. The fourth-order valence-corrected chi connectivity index (χ4v) is 2.75. The Morgan fingerprint density at radius 1 is 1.48 bits per heavy atom. The van der Waals surface area contributed by atoms with E-state index in [2.05, 4.69) is 10.5 Å². The molecule has 7 heteroatoms. The number of halogens is 1. The number of aryl methyl sites for hydroxylation is 1. The molecule has 0 saturated heterocycles. The number of amides is 1. The topological polar surface area (TPSA) is 72.2 Å². The largest absolute Gasteiger partial charge is 0.360 e. The summed E-state index contributed by atoms with van der Waals surface area (Å²) in [5.74, 6) is -0.0553. The number of benzene rings is 1. The van der Waals surface area contributed by atoms with Gasteiger partial charge in [0.15, 0.2) is 5.82 Å². The van der Waals surface area contributed by atoms with E-state index in [1.165, 1.54) is 13.0 Å². The van der Waals surface area contributed by atoms with Crippen molar-refractivity contribution in [3.05, 3.63) is 47.5 Å². The van der Waals surface area contributed by atoms with Gasteiger partial charge in [0.1, 0.15) is 16.8 Å². The minimum absolute atomic E-state index is 0.0148. The number of anilines is 1. The fraction of sp³-hybridized carbons (Fsp3) is 0.286. The van der Waals surface area contributed by atoms with Crippen LogP contribution in [0, 0.1) is 12.7 Å². The van der Waals surface area contributed by atoms with Gasteiger partial charge in [0, 0.05) is 22.4 Å². The van der Waals surface area contributed by atoms with E-state index in [0.717, 1.165) is 0 Å². The third kappa shape index (κ3) is 3.98. The molecule has 0 spiro atoms. The summed E-state index contributed by atoms with van der Waals surface area (Å²) in [6, 6.07) is 7.64. The molecule has 0 radical (unpaired) electrons. The molecule has 2 aromatic rings. The summed E-state index contributed by atoms with van der Waals surface area (Å²) in [6.07, 6.45) is 0. The van der Waals surface area contributed by atoms with Crippen LogP contribution in [0.4, 0.5) is 10.2 Å². The summed E-state index contributed by atoms with van der Waals surface area (Å²) in [6.45, 7) is 3.22. The molecule has 0 fully saturated rings. The monoisotopic (exact) mass is 310 g/mol. The minimum Gasteiger partial charge on any atom is -0.360 e. The van der Waals surface area contributed by atoms with E-state index in [4.69, 9.17) is 4.52 Å². The number of aromatic nitrogens is 1. The van der Waals surface area contributed by atoms with Crippen molar-refractivity contribution in [2.75, 3.05) is 5.32 Å². The van der Waals surface area contributed by atoms with Crippen molar-refractivity contribution in [3.8, 4) is 0 Å². The predicted octanol–water partition coefficient (Wildman–Crippen LogP) is 2.40. The van der Waals surface area contributed by atoms with Crippen molar-refractivity contribution in [2.45, 2.75) is 24.9 Å². The van der Waals surface area contributed by atoms with Gasteiger partial charge >= 0.3 is 0 Å². The molecule has 0 saturated carbocycles. The van der Waals surface area contributed by atoms with Crippen LogP contribution in [-0.2, 0) is 21.3 Å². The second kappa shape index (κ2) is 6.62. The Hall–Kier alpha value is -2.02. The summed E-state index contributed by atoms with van der Waals surface area (Å²) >= 11 is 0. The number of hydrogen-bond donors (Lipinski definition) is 1. The van der Waals surface area contributed by atoms with Crippen LogP contribution >= 0.6 is 0 Å². The molecule has 1 N–H and O–H groups in total. The number of nitrogens with one attached hydrogen (secondary N) is 1. The summed E-state index contributed by atoms with van der Waals surface area (Å²) < 4.78 is 30.5. The van der Waals surface area contributed by atoms with Crippen molar-refractivity contribution < 1.29 is 17.9 Å². The molecule has 1 aromatic carbocycles. The molecule has 0 aliphatic heterocycles. The molecule has 5 nitrogen and oxygen atoms in total. The molecule has 21 heavy (non-hydrogen) atoms. The summed E-state index contributed by atoms with van der Waals surface area (Å²) in [5, 5.41) is 5.35. The van der Waals surface area contributed by atoms with Gasteiger partial charge in [0.25, 0.3) is 0 Å². The number of nitrogens with zero attached hydrogens (tertiary/aromatic N) is 1. The average molecular weight is 310 g/mol. The van der Waals surface area contributed by atoms with Crippen LogP contribution < -0.4 is 5.32 Å². The third-order valence-electron chi connectivity index (χ3n) is 2.90. The van der Waals surface area contributed by atoms with E-state index >= 15 is 0 Å². The van der Waals surface area contributed by atoms with Crippen molar-refractivity contribution in [1.82, 2.24) is 5.16 Å². The quantitative estimate of drug-likeness (QED) is 0.920. The lowest BCUT2D eigenvalue weighted by Crippen LogP contribution is -2.30. The average Bonchev–Trinajstić information content (AvgIpc) is 2.85. The molecule has 2 rings (SSSR count). The Morgan fingerprint density at radius 2 is 2.19 bits per heavy atom. The fourth-order valence-electron chi connectivity index (χ4n) is 1.67. The van der Waals surface area contributed by atoms with Crippen LogP contribution in [0.3, 0.4) is 0 Å². The van der Waals surface area contributed by atoms with Gasteiger partial charge in [-0.2, -0.15) is 0 Å². The lowest BCUT2D eigenvalue weighted by atomic mass is 10.2. The smallest absolute Gasteiger partial charge is 0.241 e. The molecule has 0 aliphatic rings. The molecule has 0 aliphatic carbocycles. The summed E-state index contributed by atoms with van der Waals surface area (Å²) in [4.78, 5) is 12.0. The summed E-state index contributed by atoms with van der Waals surface area (Å²) in [7, 11) is -1.53. The molecule has 0 bridgehead atoms. The van der Waals surface area contributed by atoms with Crippen LogP contribution in [0.15, 0.2) is 34.9 Å². The van der Waals surface area contributed by atoms with Gasteiger partial charge in [-0.15, -0.1) is 0 Å². The van der Waals surface area contributed by atoms with Crippen LogP contribution in [0.2, 0.25) is 0 Å². The number of rotatable bonds is 5. The van der Waals surface area contributed by atoms with E-state index < -0.39 is 27.8 Å². The van der Waals surface area contributed by atoms with Crippen LogP contribution in [0.1, 0.15) is 18.2 Å². The standard InChI is InChI=1S/C14H15FN2O3S/c1-9-7-13(17-20-9)16-14(18)10(2)21(19)8-11-5-3-4-6-12(11)15/h3-7,10H,8H2,1-2H3,(H,16,17,18). The maximum atomic E-state index is 13.5. The van der Waals surface area contributed by atoms with E-state index in [0.29, 0.717) is 11.3 Å². The molecule has 1 aromatic heterocycles. The van der Waals surface area contributed by atoms with Crippen molar-refractivity contribution in [2.24, 2.45) is 0 Å². The van der Waals surface area contributed by atoms with Gasteiger partial charge in [-0.3, -0.25) is 9.00 Å². The molecule has 2 atom stereocenters. The number of carbonyl (C=O) groups excluding carboxylic acids is 1. The first-order valence-electron chi connectivity index (χ1n) is 6.32. The maximum absolute atomic E-state index is 13.5. The van der Waals surface area contributed by atoms with E-state index in [1.807, 2.05) is 0 Å². The molecule has 1 heterocycles. The Morgan fingerprint density at radius 3 is 2.81 bits per heavy atom. The Bertz CT molecular complexity index is 672. The van der Waals surface area contributed by atoms with Gasteiger partial charge in [-0.1, -0.05) is 23.4 Å². The van der Waals surface area contributed by atoms with E-state index in [1.54, 1.807) is 31.2 Å². The molecule has 1 amide bonds. The highest BCUT2D eigenvalue weighted by atomic mass is 32.2. The van der Waals surface area contributed by atoms with Crippen LogP contribution in [-0.4, -0.2) is 20.5 Å². The molecular weight excluding hydrogens is 295 g/mol. The second-order valence-electron chi connectivity index (χ2n) is 4.57. The molecular formula is C14H15FN2O3S. The Kier molecular flexibility index (Phi) is 4.85. The number of carbonyl (C=O) groups is 1. The highest BCUT2D eigenvalue weighted by Gasteiger charge is 2.22. The molecule has 2 unspecified atom stereocenters. The van der Waals surface area contributed by atoms with Crippen LogP contribution in [0.25, 0.3) is 0 Å². The van der Waals surface area contributed by atoms with Gasteiger partial charge in [0.05, 0.1) is 5.75 Å². The van der Waals surface area contributed by atoms with Gasteiger partial charge in [-0.25, -0.2) is 4.39 Å². The van der Waals surface area contributed by atoms with Crippen molar-refractivity contribution in [1.29, 1.82) is 0 Å². The first-order chi connectivity index (χ1) is 9.97. The third-order valence-corrected chi connectivity index (χ3v) is 4.50. The lowest BCUT2D eigenvalue weighted by molar-refractivity contribution is -0.115. The Labute approximate surface area is 124 Å². The van der Waals surface area contributed by atoms with Crippen LogP contribution in [0.5, 0.6) is 0 Å². The lowest BCUT2D eigenvalue weighted by Gasteiger charge is -2.11. The molecule has 112 valence electrons. The highest BCUT2D eigenvalue weighted by Crippen LogP contribution is 2.13. The zero-order valence-electron chi connectivity index (χ0n) is 11.6. The maximum Gasteiger partial charge on any atom is 0.241 e. The summed E-state index contributed by atoms with van der Waals surface area (Å²) in [5.41, 5.74) is 0.327. The van der Waals surface area contributed by atoms with Crippen molar-refractivity contribution in [3.63, 3.8) is 0 Å². The van der Waals surface area contributed by atoms with Gasteiger partial charge < -0.3 is 9.84 Å². The predicted molar refractivity (Wildman–Crippen MR) is 77.6 cm³/mol. The highest BCUT2D eigenvalue weighted by molar-refractivity contribution is 7.85. The van der Waals surface area contributed by atoms with Gasteiger partial charge in [-0.05, 0) is 19.9 Å². The first-order valence-corrected chi connectivity index (χ1v) is 7.70. The number of hydrogen-bond acceptors (Lipinski definition) is 4. The normalized spacial score (nSPS) is 13.7. The zero-order chi connectivity index (χ0) is 15.4. The first kappa shape index (κ1) is 15.4. The second-order valence-corrected chi connectivity index (χ2v) is 6.33. The zero-order valence-corrected chi connectivity index (χ0v) is 12.4. The van der Waals surface area contributed by atoms with Crippen molar-refractivity contribution >= 4 is 22.5 Å². The van der Waals surface area contributed by atoms with E-state index in [-0.39, 0.29) is 11.6 Å². The minimum atomic E-state index is -1.53. The van der Waals surface area contributed by atoms with Gasteiger partial charge in [0.2, 0.25) is 5.91 Å². The van der Waals surface area contributed by atoms with E-state index in [9.17, 15) is 13.4 Å².